The van der Waals surface area contributed by atoms with Crippen LogP contribution in [-0.2, 0) is 16.0 Å². The van der Waals surface area contributed by atoms with Gasteiger partial charge in [-0.05, 0) is 42.0 Å². The molecule has 3 N–H and O–H groups in total. The first-order valence-electron chi connectivity index (χ1n) is 7.59. The van der Waals surface area contributed by atoms with E-state index in [1.807, 2.05) is 0 Å². The number of ether oxygens (including phenoxy) is 1. The molecule has 2 amide bonds. The second kappa shape index (κ2) is 8.69. The Morgan fingerprint density at radius 1 is 1.08 bits per heavy atom. The van der Waals surface area contributed by atoms with Crippen molar-refractivity contribution in [3.63, 3.8) is 0 Å². The van der Waals surface area contributed by atoms with Crippen molar-refractivity contribution in [2.75, 3.05) is 0 Å². The van der Waals surface area contributed by atoms with Gasteiger partial charge in [0, 0.05) is 29.0 Å². The van der Waals surface area contributed by atoms with E-state index in [-0.39, 0.29) is 12.0 Å². The molecule has 0 heterocycles. The number of primary amides is 1. The summed E-state index contributed by atoms with van der Waals surface area (Å²) in [4.78, 5) is 35.0. The smallest absolute Gasteiger partial charge is 0.308 e. The lowest BCUT2D eigenvalue weighted by molar-refractivity contribution is -0.131. The summed E-state index contributed by atoms with van der Waals surface area (Å²) < 4.78 is 4.90. The van der Waals surface area contributed by atoms with Crippen LogP contribution in [0.2, 0.25) is 10.0 Å². The summed E-state index contributed by atoms with van der Waals surface area (Å²) >= 11 is 12.2. The molecule has 0 spiro atoms. The van der Waals surface area contributed by atoms with Gasteiger partial charge in [0.2, 0.25) is 5.91 Å². The van der Waals surface area contributed by atoms with Crippen LogP contribution in [0.5, 0.6) is 5.75 Å². The molecule has 0 bridgehead atoms. The molecule has 0 saturated heterocycles. The molecule has 6 nitrogen and oxygen atoms in total. The Morgan fingerprint density at radius 2 is 1.65 bits per heavy atom. The van der Waals surface area contributed by atoms with Crippen LogP contribution in [0, 0.1) is 0 Å². The Morgan fingerprint density at radius 3 is 2.15 bits per heavy atom. The second-order valence-corrected chi connectivity index (χ2v) is 6.27. The molecule has 2 aromatic rings. The van der Waals surface area contributed by atoms with Crippen molar-refractivity contribution in [2.24, 2.45) is 5.73 Å². The van der Waals surface area contributed by atoms with Crippen molar-refractivity contribution in [1.29, 1.82) is 0 Å². The van der Waals surface area contributed by atoms with Crippen molar-refractivity contribution in [1.82, 2.24) is 5.32 Å². The first-order chi connectivity index (χ1) is 12.3. The Hall–Kier alpha value is -2.57. The fourth-order valence-electron chi connectivity index (χ4n) is 2.24. The lowest BCUT2D eigenvalue weighted by Gasteiger charge is -2.17. The normalized spacial score (nSPS) is 11.5. The van der Waals surface area contributed by atoms with Crippen molar-refractivity contribution >= 4 is 41.0 Å². The van der Waals surface area contributed by atoms with Crippen molar-refractivity contribution < 1.29 is 19.1 Å². The van der Waals surface area contributed by atoms with Gasteiger partial charge >= 0.3 is 5.97 Å². The number of halogens is 2. The van der Waals surface area contributed by atoms with Crippen LogP contribution in [0.25, 0.3) is 0 Å². The second-order valence-electron chi connectivity index (χ2n) is 5.45. The molecule has 136 valence electrons. The van der Waals surface area contributed by atoms with Gasteiger partial charge in [0.1, 0.15) is 11.8 Å². The molecule has 2 aromatic carbocycles. The fraction of sp³-hybridized carbons (Fsp3) is 0.167. The number of benzene rings is 2. The molecule has 1 atom stereocenters. The zero-order valence-corrected chi connectivity index (χ0v) is 15.3. The van der Waals surface area contributed by atoms with Gasteiger partial charge in [-0.1, -0.05) is 29.3 Å². The molecule has 2 rings (SSSR count). The van der Waals surface area contributed by atoms with Crippen molar-refractivity contribution in [3.05, 3.63) is 63.6 Å². The highest BCUT2D eigenvalue weighted by molar-refractivity contribution is 6.36. The van der Waals surface area contributed by atoms with Crippen molar-refractivity contribution in [2.45, 2.75) is 19.4 Å². The quantitative estimate of drug-likeness (QED) is 0.581. The lowest BCUT2D eigenvalue weighted by atomic mass is 10.0. The molecule has 0 aliphatic carbocycles. The molecule has 0 radical (unpaired) electrons. The number of hydrogen-bond donors (Lipinski definition) is 2. The predicted molar refractivity (Wildman–Crippen MR) is 98.4 cm³/mol. The predicted octanol–water partition coefficient (Wildman–Crippen LogP) is 2.75. The summed E-state index contributed by atoms with van der Waals surface area (Å²) in [7, 11) is 0. The van der Waals surface area contributed by atoms with E-state index in [1.54, 1.807) is 18.2 Å². The van der Waals surface area contributed by atoms with E-state index < -0.39 is 23.8 Å². The van der Waals surface area contributed by atoms with E-state index >= 15 is 0 Å². The molecule has 26 heavy (non-hydrogen) atoms. The number of carbonyl (C=O) groups is 3. The third kappa shape index (κ3) is 5.21. The van der Waals surface area contributed by atoms with Crippen LogP contribution in [-0.4, -0.2) is 23.8 Å². The number of amides is 2. The van der Waals surface area contributed by atoms with E-state index in [2.05, 4.69) is 5.32 Å². The highest BCUT2D eigenvalue weighted by Crippen LogP contribution is 2.25. The highest BCUT2D eigenvalue weighted by atomic mass is 35.5. The van der Waals surface area contributed by atoms with Gasteiger partial charge in [0.15, 0.2) is 0 Å². The third-order valence-corrected chi connectivity index (χ3v) is 4.21. The van der Waals surface area contributed by atoms with Gasteiger partial charge < -0.3 is 15.8 Å². The number of carbonyl (C=O) groups excluding carboxylic acids is 3. The average molecular weight is 395 g/mol. The maximum absolute atomic E-state index is 12.4. The van der Waals surface area contributed by atoms with Crippen LogP contribution in [0.1, 0.15) is 22.8 Å². The molecule has 0 unspecified atom stereocenters. The zero-order valence-electron chi connectivity index (χ0n) is 13.8. The van der Waals surface area contributed by atoms with Crippen molar-refractivity contribution in [3.8, 4) is 5.75 Å². The summed E-state index contributed by atoms with van der Waals surface area (Å²) in [5.41, 5.74) is 6.19. The van der Waals surface area contributed by atoms with E-state index in [0.29, 0.717) is 21.4 Å². The largest absolute Gasteiger partial charge is 0.427 e. The van der Waals surface area contributed by atoms with Crippen LogP contribution >= 0.6 is 23.2 Å². The minimum atomic E-state index is -0.993. The van der Waals surface area contributed by atoms with Gasteiger partial charge in [0.25, 0.3) is 5.91 Å². The molecule has 0 saturated carbocycles. The SMILES string of the molecule is CC(=O)Oc1ccc(C(=O)N[C@H](Cc2c(Cl)cccc2Cl)C(N)=O)cc1. The first-order valence-corrected chi connectivity index (χ1v) is 8.35. The molecule has 0 aromatic heterocycles. The lowest BCUT2D eigenvalue weighted by Crippen LogP contribution is -2.45. The van der Waals surface area contributed by atoms with Crippen LogP contribution < -0.4 is 15.8 Å². The zero-order chi connectivity index (χ0) is 19.3. The molecule has 0 aliphatic heterocycles. The summed E-state index contributed by atoms with van der Waals surface area (Å²) in [6.45, 7) is 1.28. The van der Waals surface area contributed by atoms with E-state index in [0.717, 1.165) is 0 Å². The standard InChI is InChI=1S/C18H16Cl2N2O4/c1-10(23)26-12-7-5-11(6-8-12)18(25)22-16(17(21)24)9-13-14(19)3-2-4-15(13)20/h2-8,16H,9H2,1H3,(H2,21,24)(H,22,25)/t16-/m1/s1. The molecule has 0 fully saturated rings. The van der Waals surface area contributed by atoms with E-state index in [9.17, 15) is 14.4 Å². The molecular weight excluding hydrogens is 379 g/mol. The maximum atomic E-state index is 12.4. The number of nitrogens with two attached hydrogens (primary N) is 1. The first kappa shape index (κ1) is 19.8. The molecule has 0 aliphatic rings. The van der Waals surface area contributed by atoms with Crippen LogP contribution in [0.3, 0.4) is 0 Å². The number of hydrogen-bond acceptors (Lipinski definition) is 4. The summed E-state index contributed by atoms with van der Waals surface area (Å²) in [6.07, 6.45) is 0.0606. The Bertz CT molecular complexity index is 817. The number of esters is 1. The van der Waals surface area contributed by atoms with E-state index in [4.69, 9.17) is 33.7 Å². The number of rotatable bonds is 6. The summed E-state index contributed by atoms with van der Waals surface area (Å²) in [6, 6.07) is 9.83. The maximum Gasteiger partial charge on any atom is 0.308 e. The Kier molecular flexibility index (Phi) is 6.60. The van der Waals surface area contributed by atoms with Gasteiger partial charge in [-0.2, -0.15) is 0 Å². The molecule has 8 heteroatoms. The fourth-order valence-corrected chi connectivity index (χ4v) is 2.79. The summed E-state index contributed by atoms with van der Waals surface area (Å²) in [5.74, 6) is -1.38. The van der Waals surface area contributed by atoms with Crippen LogP contribution in [0.4, 0.5) is 0 Å². The highest BCUT2D eigenvalue weighted by Gasteiger charge is 2.22. The Labute approximate surface area is 160 Å². The van der Waals surface area contributed by atoms with Gasteiger partial charge in [-0.15, -0.1) is 0 Å². The van der Waals surface area contributed by atoms with Crippen LogP contribution in [0.15, 0.2) is 42.5 Å². The minimum absolute atomic E-state index is 0.0606. The van der Waals surface area contributed by atoms with Gasteiger partial charge in [-0.25, -0.2) is 0 Å². The third-order valence-electron chi connectivity index (χ3n) is 3.50. The topological polar surface area (TPSA) is 98.5 Å². The molecular formula is C18H16Cl2N2O4. The average Bonchev–Trinajstić information content (AvgIpc) is 2.57. The number of nitrogens with one attached hydrogen (secondary N) is 1. The Balaban J connectivity index is 2.13. The summed E-state index contributed by atoms with van der Waals surface area (Å²) in [5, 5.41) is 3.31. The monoisotopic (exact) mass is 394 g/mol. The van der Waals surface area contributed by atoms with E-state index in [1.165, 1.54) is 31.2 Å². The van der Waals surface area contributed by atoms with Gasteiger partial charge in [0.05, 0.1) is 0 Å². The van der Waals surface area contributed by atoms with Gasteiger partial charge in [-0.3, -0.25) is 14.4 Å². The minimum Gasteiger partial charge on any atom is -0.427 e.